The lowest BCUT2D eigenvalue weighted by atomic mass is 10.8. The Hall–Kier alpha value is 0.210. The van der Waals surface area contributed by atoms with Crippen molar-refractivity contribution in [2.24, 2.45) is 5.73 Å². The van der Waals surface area contributed by atoms with Crippen molar-refractivity contribution in [3.63, 3.8) is 0 Å². The Morgan fingerprint density at radius 2 is 1.50 bits per heavy atom. The fraction of sp³-hybridized carbons (Fsp3) is 1.00. The summed E-state index contributed by atoms with van der Waals surface area (Å²) < 4.78 is 0. The Bertz CT molecular complexity index is 26.9. The van der Waals surface area contributed by atoms with Crippen LogP contribution in [0.4, 0.5) is 0 Å². The molecule has 0 aromatic carbocycles. The Morgan fingerprint density at radius 1 is 1.38 bits per heavy atom. The SMILES string of the molecule is CN(C)C.NCCCl. The highest BCUT2D eigenvalue weighted by Gasteiger charge is 1.58. The second kappa shape index (κ2) is 10.2. The molecule has 0 bridgehead atoms. The van der Waals surface area contributed by atoms with Gasteiger partial charge < -0.3 is 10.6 Å². The molecule has 0 aromatic heterocycles. The van der Waals surface area contributed by atoms with E-state index in [9.17, 15) is 0 Å². The highest BCUT2D eigenvalue weighted by molar-refractivity contribution is 6.18. The maximum Gasteiger partial charge on any atom is 0.0346 e. The fourth-order valence-corrected chi connectivity index (χ4v) is 0. The molecule has 0 rings (SSSR count). The van der Waals surface area contributed by atoms with Gasteiger partial charge in [-0.15, -0.1) is 11.6 Å². The van der Waals surface area contributed by atoms with Crippen molar-refractivity contribution < 1.29 is 0 Å². The third-order valence-electron chi connectivity index (χ3n) is 0.109. The van der Waals surface area contributed by atoms with E-state index in [1.165, 1.54) is 0 Å². The molecule has 0 spiro atoms. The van der Waals surface area contributed by atoms with Crippen LogP contribution in [0.25, 0.3) is 0 Å². The highest BCUT2D eigenvalue weighted by atomic mass is 35.5. The number of nitrogens with zero attached hydrogens (tertiary/aromatic N) is 1. The molecular weight excluding hydrogens is 124 g/mol. The largest absolute Gasteiger partial charge is 0.329 e. The zero-order valence-corrected chi connectivity index (χ0v) is 6.57. The quantitative estimate of drug-likeness (QED) is 0.531. The Balaban J connectivity index is 0. The average molecular weight is 139 g/mol. The van der Waals surface area contributed by atoms with Crippen molar-refractivity contribution in [1.82, 2.24) is 4.90 Å². The van der Waals surface area contributed by atoms with Gasteiger partial charge >= 0.3 is 0 Å². The molecular formula is C5H15ClN2. The van der Waals surface area contributed by atoms with Crippen molar-refractivity contribution in [1.29, 1.82) is 0 Å². The minimum Gasteiger partial charge on any atom is -0.329 e. The van der Waals surface area contributed by atoms with Crippen LogP contribution in [0.3, 0.4) is 0 Å². The first-order valence-electron chi connectivity index (χ1n) is 2.52. The van der Waals surface area contributed by atoms with Gasteiger partial charge in [0.1, 0.15) is 0 Å². The van der Waals surface area contributed by atoms with Gasteiger partial charge in [-0.2, -0.15) is 0 Å². The standard InChI is InChI=1S/C3H9N.C2H6ClN/c1-4(2)3;3-1-2-4/h1-3H3;1-2,4H2. The minimum absolute atomic E-state index is 0.569. The molecule has 0 heterocycles. The summed E-state index contributed by atoms with van der Waals surface area (Å²) in [6.45, 7) is 0.585. The average Bonchev–Trinajstić information content (AvgIpc) is 1.65. The molecule has 2 nitrogen and oxygen atoms in total. The Labute approximate surface area is 56.6 Å². The summed E-state index contributed by atoms with van der Waals surface area (Å²) in [5, 5.41) is 0. The smallest absolute Gasteiger partial charge is 0.0346 e. The molecule has 0 aliphatic rings. The van der Waals surface area contributed by atoms with Crippen LogP contribution in [0.2, 0.25) is 0 Å². The molecule has 0 aliphatic heterocycles. The molecule has 0 fully saturated rings. The molecule has 8 heavy (non-hydrogen) atoms. The third-order valence-corrected chi connectivity index (χ3v) is 0.327. The van der Waals surface area contributed by atoms with Crippen molar-refractivity contribution in [2.45, 2.75) is 0 Å². The summed E-state index contributed by atoms with van der Waals surface area (Å²) in [7, 11) is 6.00. The lowest BCUT2D eigenvalue weighted by Crippen LogP contribution is -1.99. The molecule has 0 saturated heterocycles. The molecule has 0 radical (unpaired) electrons. The Morgan fingerprint density at radius 3 is 1.50 bits per heavy atom. The van der Waals surface area contributed by atoms with Gasteiger partial charge in [0, 0.05) is 12.4 Å². The summed E-state index contributed by atoms with van der Waals surface area (Å²) >= 11 is 5.06. The zero-order chi connectivity index (χ0) is 6.99. The molecule has 0 saturated carbocycles. The number of halogens is 1. The van der Waals surface area contributed by atoms with Gasteiger partial charge in [-0.25, -0.2) is 0 Å². The van der Waals surface area contributed by atoms with Crippen LogP contribution in [-0.2, 0) is 0 Å². The molecule has 0 aliphatic carbocycles. The molecule has 0 aromatic rings. The van der Waals surface area contributed by atoms with E-state index in [-0.39, 0.29) is 0 Å². The van der Waals surface area contributed by atoms with Crippen molar-refractivity contribution in [3.8, 4) is 0 Å². The van der Waals surface area contributed by atoms with Gasteiger partial charge in [0.25, 0.3) is 0 Å². The third kappa shape index (κ3) is 115. The lowest BCUT2D eigenvalue weighted by molar-refractivity contribution is 0.505. The second-order valence-corrected chi connectivity index (χ2v) is 2.20. The van der Waals surface area contributed by atoms with E-state index in [1.54, 1.807) is 0 Å². The van der Waals surface area contributed by atoms with E-state index in [0.29, 0.717) is 12.4 Å². The van der Waals surface area contributed by atoms with Crippen LogP contribution in [0, 0.1) is 0 Å². The van der Waals surface area contributed by atoms with Gasteiger partial charge in [0.05, 0.1) is 0 Å². The van der Waals surface area contributed by atoms with Crippen molar-refractivity contribution >= 4 is 11.6 Å². The van der Waals surface area contributed by atoms with Crippen LogP contribution < -0.4 is 5.73 Å². The molecule has 3 heteroatoms. The fourth-order valence-electron chi connectivity index (χ4n) is 0. The summed E-state index contributed by atoms with van der Waals surface area (Å²) in [5.41, 5.74) is 4.90. The van der Waals surface area contributed by atoms with Crippen LogP contribution >= 0.6 is 11.6 Å². The van der Waals surface area contributed by atoms with E-state index in [1.807, 2.05) is 26.0 Å². The first-order valence-corrected chi connectivity index (χ1v) is 3.05. The van der Waals surface area contributed by atoms with Crippen molar-refractivity contribution in [2.75, 3.05) is 33.6 Å². The maximum atomic E-state index is 5.06. The minimum atomic E-state index is 0.569. The van der Waals surface area contributed by atoms with Crippen LogP contribution in [-0.4, -0.2) is 38.5 Å². The number of hydrogen-bond donors (Lipinski definition) is 1. The number of nitrogens with two attached hydrogens (primary N) is 1. The predicted molar refractivity (Wildman–Crippen MR) is 39.4 cm³/mol. The monoisotopic (exact) mass is 138 g/mol. The summed E-state index contributed by atoms with van der Waals surface area (Å²) in [4.78, 5) is 2.00. The molecule has 0 atom stereocenters. The van der Waals surface area contributed by atoms with Gasteiger partial charge in [-0.1, -0.05) is 0 Å². The maximum absolute atomic E-state index is 5.06. The summed E-state index contributed by atoms with van der Waals surface area (Å²) in [5.74, 6) is 0.569. The first kappa shape index (κ1) is 11.1. The van der Waals surface area contributed by atoms with Gasteiger partial charge in [0.2, 0.25) is 0 Å². The normalized spacial score (nSPS) is 8.25. The van der Waals surface area contributed by atoms with Crippen molar-refractivity contribution in [3.05, 3.63) is 0 Å². The van der Waals surface area contributed by atoms with Crippen LogP contribution in [0.15, 0.2) is 0 Å². The topological polar surface area (TPSA) is 29.3 Å². The van der Waals surface area contributed by atoms with E-state index < -0.39 is 0 Å². The highest BCUT2D eigenvalue weighted by Crippen LogP contribution is 1.60. The van der Waals surface area contributed by atoms with E-state index in [4.69, 9.17) is 17.3 Å². The van der Waals surface area contributed by atoms with Gasteiger partial charge in [-0.3, -0.25) is 0 Å². The second-order valence-electron chi connectivity index (χ2n) is 1.82. The first-order chi connectivity index (χ1) is 3.65. The molecule has 52 valence electrons. The predicted octanol–water partition coefficient (Wildman–Crippen LogP) is 0.362. The lowest BCUT2D eigenvalue weighted by Gasteiger charge is -1.90. The molecule has 2 N–H and O–H groups in total. The summed E-state index contributed by atoms with van der Waals surface area (Å²) in [6, 6.07) is 0. The van der Waals surface area contributed by atoms with E-state index in [0.717, 1.165) is 0 Å². The van der Waals surface area contributed by atoms with Gasteiger partial charge in [-0.05, 0) is 21.1 Å². The van der Waals surface area contributed by atoms with E-state index >= 15 is 0 Å². The Kier molecular flexibility index (Phi) is 14.2. The van der Waals surface area contributed by atoms with Crippen LogP contribution in [0.5, 0.6) is 0 Å². The summed E-state index contributed by atoms with van der Waals surface area (Å²) in [6.07, 6.45) is 0. The zero-order valence-electron chi connectivity index (χ0n) is 5.82. The molecule has 0 unspecified atom stereocenters. The van der Waals surface area contributed by atoms with Gasteiger partial charge in [0.15, 0.2) is 0 Å². The van der Waals surface area contributed by atoms with Crippen LogP contribution in [0.1, 0.15) is 0 Å². The van der Waals surface area contributed by atoms with E-state index in [2.05, 4.69) is 0 Å². The number of hydrogen-bond acceptors (Lipinski definition) is 2. The molecule has 0 amide bonds. The number of alkyl halides is 1. The number of rotatable bonds is 1.